The van der Waals surface area contributed by atoms with Crippen LogP contribution in [-0.2, 0) is 19.1 Å². The van der Waals surface area contributed by atoms with Gasteiger partial charge >= 0.3 is 0 Å². The first-order valence-electron chi connectivity index (χ1n) is 11.5. The van der Waals surface area contributed by atoms with E-state index in [2.05, 4.69) is 43.7 Å². The third-order valence-electron chi connectivity index (χ3n) is 3.74. The number of benzene rings is 1. The molecule has 0 saturated carbocycles. The van der Waals surface area contributed by atoms with E-state index in [1.807, 2.05) is 38.1 Å². The van der Waals surface area contributed by atoms with Crippen molar-refractivity contribution in [1.82, 2.24) is 4.90 Å². The topological polar surface area (TPSA) is 103 Å². The van der Waals surface area contributed by atoms with Crippen LogP contribution < -0.4 is 15.8 Å². The molecule has 1 fully saturated rings. The van der Waals surface area contributed by atoms with Gasteiger partial charge in [0, 0.05) is 39.6 Å². The number of anilines is 1. The highest BCUT2D eigenvalue weighted by molar-refractivity contribution is 5.89. The number of ether oxygens (including phenoxy) is 3. The van der Waals surface area contributed by atoms with Crippen molar-refractivity contribution < 1.29 is 23.8 Å². The molecule has 34 heavy (non-hydrogen) atoms. The van der Waals surface area contributed by atoms with Crippen LogP contribution in [0.3, 0.4) is 0 Å². The standard InChI is InChI=1S/C16H23N3O4.C4H10.C2H6O.C2H6.C2H2/c1-22-8-9-23-13-5-2-4-12(10-13)18-11-15(20)19-7-3-6-14(19)16(17)21;1-4(2)3;1-3-2;2*1-2/h2,4-5,10,14,18H,3,6-9,11H2,1H3,(H2,17,21);4H,1-3H3;1-2H3;1-2H3;1-2H/t14-;;;;/m0..../s1. The molecule has 1 aromatic carbocycles. The number of primary amides is 1. The summed E-state index contributed by atoms with van der Waals surface area (Å²) in [5.74, 6) is 0.970. The van der Waals surface area contributed by atoms with Crippen molar-refractivity contribution in [2.45, 2.75) is 53.5 Å². The molecule has 0 unspecified atom stereocenters. The lowest BCUT2D eigenvalue weighted by Gasteiger charge is -2.22. The largest absolute Gasteiger partial charge is 0.491 e. The van der Waals surface area contributed by atoms with Crippen molar-refractivity contribution in [1.29, 1.82) is 0 Å². The number of amides is 2. The van der Waals surface area contributed by atoms with E-state index in [1.165, 1.54) is 0 Å². The van der Waals surface area contributed by atoms with Crippen LogP contribution in [0.2, 0.25) is 0 Å². The summed E-state index contributed by atoms with van der Waals surface area (Å²) in [5.41, 5.74) is 6.11. The van der Waals surface area contributed by atoms with Gasteiger partial charge in [-0.25, -0.2) is 0 Å². The highest BCUT2D eigenvalue weighted by Gasteiger charge is 2.32. The molecule has 1 aliphatic rings. The maximum atomic E-state index is 12.2. The van der Waals surface area contributed by atoms with Gasteiger partial charge in [-0.15, -0.1) is 12.8 Å². The van der Waals surface area contributed by atoms with Crippen LogP contribution in [0.1, 0.15) is 47.5 Å². The number of terminal acetylenes is 1. The summed E-state index contributed by atoms with van der Waals surface area (Å²) in [6, 6.07) is 6.88. The Morgan fingerprint density at radius 1 is 1.15 bits per heavy atom. The summed E-state index contributed by atoms with van der Waals surface area (Å²) >= 11 is 0. The Morgan fingerprint density at radius 3 is 2.21 bits per heavy atom. The SMILES string of the molecule is C#C.CC.CC(C)C.COC.COCCOc1cccc(NCC(=O)N2CCC[C@H]2C(N)=O)c1. The third-order valence-corrected chi connectivity index (χ3v) is 3.74. The predicted molar refractivity (Wildman–Crippen MR) is 141 cm³/mol. The van der Waals surface area contributed by atoms with Crippen LogP contribution in [0.4, 0.5) is 5.69 Å². The van der Waals surface area contributed by atoms with Gasteiger partial charge in [0.1, 0.15) is 18.4 Å². The zero-order valence-electron chi connectivity index (χ0n) is 22.4. The Kier molecular flexibility index (Phi) is 26.2. The molecule has 0 spiro atoms. The fourth-order valence-corrected chi connectivity index (χ4v) is 2.58. The fraction of sp³-hybridized carbons (Fsp3) is 0.615. The molecular formula is C26H47N3O5. The zero-order chi connectivity index (χ0) is 26.9. The van der Waals surface area contributed by atoms with Gasteiger partial charge in [0.05, 0.1) is 13.2 Å². The smallest absolute Gasteiger partial charge is 0.242 e. The summed E-state index contributed by atoms with van der Waals surface area (Å²) in [6.45, 7) is 12.2. The molecule has 196 valence electrons. The normalized spacial score (nSPS) is 13.4. The van der Waals surface area contributed by atoms with Crippen molar-refractivity contribution in [3.8, 4) is 18.6 Å². The molecule has 1 aromatic rings. The number of nitrogens with zero attached hydrogens (tertiary/aromatic N) is 1. The molecule has 0 aliphatic carbocycles. The summed E-state index contributed by atoms with van der Waals surface area (Å²) in [5, 5.41) is 3.06. The van der Waals surface area contributed by atoms with Crippen molar-refractivity contribution in [3.63, 3.8) is 0 Å². The number of nitrogens with one attached hydrogen (secondary N) is 1. The second-order valence-electron chi connectivity index (χ2n) is 7.51. The van der Waals surface area contributed by atoms with E-state index in [9.17, 15) is 9.59 Å². The first-order chi connectivity index (χ1) is 16.3. The molecule has 2 rings (SSSR count). The maximum Gasteiger partial charge on any atom is 0.242 e. The summed E-state index contributed by atoms with van der Waals surface area (Å²) < 4.78 is 14.7. The van der Waals surface area contributed by atoms with Gasteiger partial charge in [0.25, 0.3) is 0 Å². The number of hydrogen-bond donors (Lipinski definition) is 2. The van der Waals surface area contributed by atoms with E-state index in [4.69, 9.17) is 15.2 Å². The van der Waals surface area contributed by atoms with E-state index in [0.717, 1.165) is 18.0 Å². The Hall–Kier alpha value is -2.76. The van der Waals surface area contributed by atoms with Crippen LogP contribution >= 0.6 is 0 Å². The zero-order valence-corrected chi connectivity index (χ0v) is 22.4. The second kappa shape index (κ2) is 24.9. The van der Waals surface area contributed by atoms with E-state index in [-0.39, 0.29) is 12.5 Å². The Labute approximate surface area is 207 Å². The van der Waals surface area contributed by atoms with E-state index < -0.39 is 11.9 Å². The van der Waals surface area contributed by atoms with Crippen LogP contribution in [0.25, 0.3) is 0 Å². The molecule has 0 aromatic heterocycles. The fourth-order valence-electron chi connectivity index (χ4n) is 2.58. The molecule has 8 heteroatoms. The van der Waals surface area contributed by atoms with Crippen LogP contribution in [-0.4, -0.2) is 70.4 Å². The van der Waals surface area contributed by atoms with Crippen molar-refractivity contribution in [2.75, 3.05) is 52.9 Å². The molecular weight excluding hydrogens is 434 g/mol. The van der Waals surface area contributed by atoms with Crippen molar-refractivity contribution in [2.24, 2.45) is 11.7 Å². The van der Waals surface area contributed by atoms with Crippen molar-refractivity contribution in [3.05, 3.63) is 24.3 Å². The predicted octanol–water partition coefficient (Wildman–Crippen LogP) is 3.80. The molecule has 0 radical (unpaired) electrons. The van der Waals surface area contributed by atoms with Crippen LogP contribution in [0.5, 0.6) is 5.75 Å². The van der Waals surface area contributed by atoms with Gasteiger partial charge in [-0.1, -0.05) is 40.7 Å². The third kappa shape index (κ3) is 18.8. The van der Waals surface area contributed by atoms with Gasteiger partial charge in [0.2, 0.25) is 11.8 Å². The lowest BCUT2D eigenvalue weighted by Crippen LogP contribution is -2.45. The molecule has 8 nitrogen and oxygen atoms in total. The lowest BCUT2D eigenvalue weighted by atomic mass is 10.2. The van der Waals surface area contributed by atoms with E-state index in [0.29, 0.717) is 31.9 Å². The second-order valence-corrected chi connectivity index (χ2v) is 7.51. The first kappa shape index (κ1) is 35.8. The van der Waals surface area contributed by atoms with E-state index >= 15 is 0 Å². The molecule has 3 N–H and O–H groups in total. The van der Waals surface area contributed by atoms with Crippen molar-refractivity contribution >= 4 is 17.5 Å². The summed E-state index contributed by atoms with van der Waals surface area (Å²) in [4.78, 5) is 25.1. The molecule has 1 heterocycles. The lowest BCUT2D eigenvalue weighted by molar-refractivity contribution is -0.135. The number of likely N-dealkylation sites (tertiary alicyclic amines) is 1. The van der Waals surface area contributed by atoms with Crippen LogP contribution in [0.15, 0.2) is 24.3 Å². The molecule has 1 aliphatic heterocycles. The maximum absolute atomic E-state index is 12.2. The highest BCUT2D eigenvalue weighted by Crippen LogP contribution is 2.19. The summed E-state index contributed by atoms with van der Waals surface area (Å²) in [6.07, 6.45) is 9.45. The number of rotatable bonds is 8. The van der Waals surface area contributed by atoms with Gasteiger partial charge in [-0.05, 0) is 30.9 Å². The van der Waals surface area contributed by atoms with E-state index in [1.54, 1.807) is 26.2 Å². The number of hydrogen-bond acceptors (Lipinski definition) is 6. The molecule has 1 saturated heterocycles. The number of methoxy groups -OCH3 is 2. The number of nitrogens with two attached hydrogens (primary N) is 1. The highest BCUT2D eigenvalue weighted by atomic mass is 16.5. The average Bonchev–Trinajstić information content (AvgIpc) is 3.31. The van der Waals surface area contributed by atoms with Gasteiger partial charge < -0.3 is 30.2 Å². The number of carbonyl (C=O) groups excluding carboxylic acids is 2. The van der Waals surface area contributed by atoms with Gasteiger partial charge in [0.15, 0.2) is 0 Å². The average molecular weight is 482 g/mol. The molecule has 0 bridgehead atoms. The minimum atomic E-state index is -0.479. The monoisotopic (exact) mass is 481 g/mol. The quantitative estimate of drug-likeness (QED) is 0.432. The minimum Gasteiger partial charge on any atom is -0.491 e. The Bertz CT molecular complexity index is 648. The Balaban J connectivity index is -0.000000747. The molecule has 1 atom stereocenters. The van der Waals surface area contributed by atoms with Crippen LogP contribution in [0, 0.1) is 18.8 Å². The van der Waals surface area contributed by atoms with Gasteiger partial charge in [-0.2, -0.15) is 0 Å². The summed E-state index contributed by atoms with van der Waals surface area (Å²) in [7, 11) is 4.87. The first-order valence-corrected chi connectivity index (χ1v) is 11.5. The molecule has 2 amide bonds. The van der Waals surface area contributed by atoms with Gasteiger partial charge in [-0.3, -0.25) is 9.59 Å². The minimum absolute atomic E-state index is 0.116. The Morgan fingerprint density at radius 2 is 1.71 bits per heavy atom. The number of carbonyl (C=O) groups is 2.